The molecule has 0 aromatic carbocycles. The molecule has 1 heterocycles. The van der Waals surface area contributed by atoms with Crippen LogP contribution in [0.15, 0.2) is 4.42 Å². The standard InChI is InChI=1S/C15H23NO3/c1-15(2,3)13-12(14(17)18)19-11(16-13)9-8-10-6-4-5-7-10/h10H,4-9H2,1-3H3,(H,17,18). The fourth-order valence-electron chi connectivity index (χ4n) is 2.75. The summed E-state index contributed by atoms with van der Waals surface area (Å²) in [4.78, 5) is 15.6. The zero-order chi connectivity index (χ0) is 14.0. The van der Waals surface area contributed by atoms with Crippen molar-refractivity contribution in [2.75, 3.05) is 0 Å². The number of hydrogen-bond acceptors (Lipinski definition) is 3. The number of carboxylic acids is 1. The van der Waals surface area contributed by atoms with Gasteiger partial charge in [-0.25, -0.2) is 9.78 Å². The number of nitrogens with zero attached hydrogens (tertiary/aromatic N) is 1. The molecule has 2 rings (SSSR count). The SMILES string of the molecule is CC(C)(C)c1nc(CCC2CCCC2)oc1C(=O)O. The summed E-state index contributed by atoms with van der Waals surface area (Å²) in [5.74, 6) is 0.325. The van der Waals surface area contributed by atoms with Gasteiger partial charge in [-0.2, -0.15) is 0 Å². The van der Waals surface area contributed by atoms with Crippen LogP contribution in [0.1, 0.15) is 75.0 Å². The van der Waals surface area contributed by atoms with E-state index in [2.05, 4.69) is 4.98 Å². The van der Waals surface area contributed by atoms with E-state index in [4.69, 9.17) is 4.42 Å². The predicted octanol–water partition coefficient (Wildman–Crippen LogP) is 3.79. The molecule has 0 aliphatic heterocycles. The van der Waals surface area contributed by atoms with Gasteiger partial charge in [-0.05, 0) is 12.3 Å². The van der Waals surface area contributed by atoms with E-state index in [0.717, 1.165) is 18.8 Å². The minimum Gasteiger partial charge on any atom is -0.475 e. The molecule has 4 nitrogen and oxygen atoms in total. The summed E-state index contributed by atoms with van der Waals surface area (Å²) in [6.07, 6.45) is 7.04. The number of aryl methyl sites for hydroxylation is 1. The van der Waals surface area contributed by atoms with Gasteiger partial charge in [0.25, 0.3) is 0 Å². The van der Waals surface area contributed by atoms with Gasteiger partial charge in [-0.3, -0.25) is 0 Å². The van der Waals surface area contributed by atoms with Crippen LogP contribution in [0.5, 0.6) is 0 Å². The van der Waals surface area contributed by atoms with E-state index in [1.165, 1.54) is 25.7 Å². The fraction of sp³-hybridized carbons (Fsp3) is 0.733. The van der Waals surface area contributed by atoms with E-state index >= 15 is 0 Å². The summed E-state index contributed by atoms with van der Waals surface area (Å²) in [5.41, 5.74) is 0.254. The van der Waals surface area contributed by atoms with Crippen LogP contribution >= 0.6 is 0 Å². The van der Waals surface area contributed by atoms with Crippen molar-refractivity contribution in [2.24, 2.45) is 5.92 Å². The molecule has 0 saturated heterocycles. The highest BCUT2D eigenvalue weighted by atomic mass is 16.4. The quantitative estimate of drug-likeness (QED) is 0.899. The highest BCUT2D eigenvalue weighted by Gasteiger charge is 2.29. The van der Waals surface area contributed by atoms with Crippen LogP contribution in [-0.2, 0) is 11.8 Å². The van der Waals surface area contributed by atoms with Crippen molar-refractivity contribution in [3.05, 3.63) is 17.3 Å². The Morgan fingerprint density at radius 3 is 2.47 bits per heavy atom. The third kappa shape index (κ3) is 3.37. The van der Waals surface area contributed by atoms with Gasteiger partial charge in [0.15, 0.2) is 5.89 Å². The molecule has 4 heteroatoms. The monoisotopic (exact) mass is 265 g/mol. The van der Waals surface area contributed by atoms with E-state index in [-0.39, 0.29) is 11.2 Å². The van der Waals surface area contributed by atoms with Crippen LogP contribution in [-0.4, -0.2) is 16.1 Å². The van der Waals surface area contributed by atoms with Crippen LogP contribution in [0.3, 0.4) is 0 Å². The lowest BCUT2D eigenvalue weighted by molar-refractivity contribution is 0.0656. The Morgan fingerprint density at radius 1 is 1.37 bits per heavy atom. The molecule has 1 aromatic heterocycles. The Kier molecular flexibility index (Phi) is 3.97. The first-order valence-electron chi connectivity index (χ1n) is 7.11. The second kappa shape index (κ2) is 5.35. The second-order valence-corrected chi connectivity index (χ2v) is 6.53. The first-order chi connectivity index (χ1) is 8.88. The summed E-state index contributed by atoms with van der Waals surface area (Å²) >= 11 is 0. The molecule has 0 atom stereocenters. The Balaban J connectivity index is 2.11. The summed E-state index contributed by atoms with van der Waals surface area (Å²) in [5, 5.41) is 9.19. The molecule has 1 aliphatic carbocycles. The van der Waals surface area contributed by atoms with E-state index in [9.17, 15) is 9.90 Å². The van der Waals surface area contributed by atoms with Crippen LogP contribution < -0.4 is 0 Å². The van der Waals surface area contributed by atoms with E-state index in [1.807, 2.05) is 20.8 Å². The number of rotatable bonds is 4. The van der Waals surface area contributed by atoms with E-state index in [0.29, 0.717) is 11.6 Å². The van der Waals surface area contributed by atoms with Crippen molar-refractivity contribution in [3.8, 4) is 0 Å². The molecule has 0 spiro atoms. The van der Waals surface area contributed by atoms with Crippen molar-refractivity contribution in [2.45, 2.75) is 64.7 Å². The van der Waals surface area contributed by atoms with Gasteiger partial charge in [-0.15, -0.1) is 0 Å². The number of aromatic carboxylic acids is 1. The second-order valence-electron chi connectivity index (χ2n) is 6.53. The molecule has 0 bridgehead atoms. The van der Waals surface area contributed by atoms with Crippen LogP contribution in [0.2, 0.25) is 0 Å². The molecule has 106 valence electrons. The Hall–Kier alpha value is -1.32. The molecule has 0 unspecified atom stereocenters. The first-order valence-corrected chi connectivity index (χ1v) is 7.11. The molecule has 19 heavy (non-hydrogen) atoms. The lowest BCUT2D eigenvalue weighted by atomic mass is 9.91. The van der Waals surface area contributed by atoms with Crippen LogP contribution in [0.4, 0.5) is 0 Å². The number of carboxylic acid groups (broad SMARTS) is 1. The maximum absolute atomic E-state index is 11.2. The highest BCUT2D eigenvalue weighted by molar-refractivity contribution is 5.86. The minimum atomic E-state index is -1.02. The van der Waals surface area contributed by atoms with Gasteiger partial charge >= 0.3 is 5.97 Å². The smallest absolute Gasteiger partial charge is 0.373 e. The average molecular weight is 265 g/mol. The summed E-state index contributed by atoms with van der Waals surface area (Å²) in [6.45, 7) is 5.87. The van der Waals surface area contributed by atoms with Gasteiger partial charge in [0.05, 0.1) is 5.69 Å². The Morgan fingerprint density at radius 2 is 2.00 bits per heavy atom. The zero-order valence-electron chi connectivity index (χ0n) is 12.0. The molecular weight excluding hydrogens is 242 g/mol. The van der Waals surface area contributed by atoms with Gasteiger partial charge in [0, 0.05) is 11.8 Å². The van der Waals surface area contributed by atoms with Crippen molar-refractivity contribution < 1.29 is 14.3 Å². The summed E-state index contributed by atoms with van der Waals surface area (Å²) < 4.78 is 5.45. The molecule has 0 amide bonds. The van der Waals surface area contributed by atoms with E-state index < -0.39 is 5.97 Å². The lowest BCUT2D eigenvalue weighted by Gasteiger charge is -2.14. The molecule has 0 radical (unpaired) electrons. The van der Waals surface area contributed by atoms with Crippen LogP contribution in [0, 0.1) is 5.92 Å². The van der Waals surface area contributed by atoms with Crippen LogP contribution in [0.25, 0.3) is 0 Å². The van der Waals surface area contributed by atoms with Gasteiger partial charge in [0.1, 0.15) is 0 Å². The third-order valence-corrected chi connectivity index (χ3v) is 3.82. The highest BCUT2D eigenvalue weighted by Crippen LogP contribution is 2.30. The van der Waals surface area contributed by atoms with Crippen molar-refractivity contribution >= 4 is 5.97 Å². The third-order valence-electron chi connectivity index (χ3n) is 3.82. The molecule has 1 N–H and O–H groups in total. The molecule has 1 aromatic rings. The average Bonchev–Trinajstić information content (AvgIpc) is 2.94. The Labute approximate surface area is 114 Å². The number of hydrogen-bond donors (Lipinski definition) is 1. The largest absolute Gasteiger partial charge is 0.475 e. The minimum absolute atomic E-state index is 0.00826. The van der Waals surface area contributed by atoms with Gasteiger partial charge in [-0.1, -0.05) is 46.5 Å². The molecule has 1 saturated carbocycles. The summed E-state index contributed by atoms with van der Waals surface area (Å²) in [7, 11) is 0. The number of aromatic nitrogens is 1. The van der Waals surface area contributed by atoms with E-state index in [1.54, 1.807) is 0 Å². The maximum Gasteiger partial charge on any atom is 0.373 e. The Bertz CT molecular complexity index is 450. The normalized spacial score (nSPS) is 17.0. The van der Waals surface area contributed by atoms with Crippen molar-refractivity contribution in [1.29, 1.82) is 0 Å². The lowest BCUT2D eigenvalue weighted by Crippen LogP contribution is -2.16. The maximum atomic E-state index is 11.2. The number of oxazole rings is 1. The van der Waals surface area contributed by atoms with Gasteiger partial charge in [0.2, 0.25) is 5.76 Å². The zero-order valence-corrected chi connectivity index (χ0v) is 12.0. The molecular formula is C15H23NO3. The summed E-state index contributed by atoms with van der Waals surface area (Å²) in [6, 6.07) is 0. The molecule has 1 fully saturated rings. The fourth-order valence-corrected chi connectivity index (χ4v) is 2.75. The topological polar surface area (TPSA) is 63.3 Å². The number of carbonyl (C=O) groups is 1. The predicted molar refractivity (Wildman–Crippen MR) is 72.4 cm³/mol. The first kappa shape index (κ1) is 14.1. The van der Waals surface area contributed by atoms with Crippen molar-refractivity contribution in [1.82, 2.24) is 4.98 Å². The van der Waals surface area contributed by atoms with Crippen molar-refractivity contribution in [3.63, 3.8) is 0 Å². The van der Waals surface area contributed by atoms with Gasteiger partial charge < -0.3 is 9.52 Å². The molecule has 1 aliphatic rings.